The van der Waals surface area contributed by atoms with E-state index in [4.69, 9.17) is 0 Å². The predicted molar refractivity (Wildman–Crippen MR) is 105 cm³/mol. The molecule has 0 aliphatic rings. The monoisotopic (exact) mass is 368 g/mol. The highest BCUT2D eigenvalue weighted by atomic mass is 32.2. The van der Waals surface area contributed by atoms with Gasteiger partial charge in [-0.15, -0.1) is 0 Å². The Labute approximate surface area is 156 Å². The fourth-order valence-corrected chi connectivity index (χ4v) is 3.31. The van der Waals surface area contributed by atoms with Crippen LogP contribution in [0.25, 0.3) is 11.0 Å². The van der Waals surface area contributed by atoms with Crippen molar-refractivity contribution in [1.29, 1.82) is 0 Å². The first kappa shape index (κ1) is 18.0. The summed E-state index contributed by atoms with van der Waals surface area (Å²) in [6.07, 6.45) is 0. The van der Waals surface area contributed by atoms with Gasteiger partial charge in [-0.1, -0.05) is 30.0 Å². The third-order valence-electron chi connectivity index (χ3n) is 4.10. The lowest BCUT2D eigenvalue weighted by Crippen LogP contribution is -2.35. The van der Waals surface area contributed by atoms with E-state index in [2.05, 4.69) is 15.6 Å². The lowest BCUT2D eigenvalue weighted by Gasteiger charge is -2.08. The van der Waals surface area contributed by atoms with E-state index in [0.29, 0.717) is 5.69 Å². The Hall–Kier alpha value is -2.80. The number of carbonyl (C=O) groups is 2. The molecule has 26 heavy (non-hydrogen) atoms. The van der Waals surface area contributed by atoms with Crippen molar-refractivity contribution in [1.82, 2.24) is 14.9 Å². The predicted octanol–water partition coefficient (Wildman–Crippen LogP) is 3.63. The molecule has 0 saturated heterocycles. The molecular formula is C19H20N4O2S. The van der Waals surface area contributed by atoms with Gasteiger partial charge in [-0.25, -0.2) is 9.78 Å². The van der Waals surface area contributed by atoms with E-state index in [9.17, 15) is 9.59 Å². The van der Waals surface area contributed by atoms with Crippen LogP contribution in [0.2, 0.25) is 0 Å². The molecular weight excluding hydrogens is 348 g/mol. The molecule has 3 amide bonds. The Morgan fingerprint density at radius 3 is 2.62 bits per heavy atom. The Kier molecular flexibility index (Phi) is 5.27. The fourth-order valence-electron chi connectivity index (χ4n) is 2.53. The number of fused-ring (bicyclic) bond motifs is 1. The molecule has 3 aromatic rings. The molecule has 0 atom stereocenters. The number of aromatic nitrogens is 2. The minimum absolute atomic E-state index is 0.109. The smallest absolute Gasteiger partial charge is 0.322 e. The highest BCUT2D eigenvalue weighted by Crippen LogP contribution is 2.22. The molecule has 0 aliphatic carbocycles. The number of carbonyl (C=O) groups excluding carboxylic acids is 2. The van der Waals surface area contributed by atoms with Crippen molar-refractivity contribution in [3.8, 4) is 0 Å². The number of imide groups is 1. The minimum atomic E-state index is -0.538. The van der Waals surface area contributed by atoms with E-state index in [-0.39, 0.29) is 11.7 Å². The minimum Gasteiger partial charge on any atom is -0.322 e. The van der Waals surface area contributed by atoms with Crippen LogP contribution in [-0.4, -0.2) is 27.2 Å². The Balaban J connectivity index is 1.55. The first-order valence-electron chi connectivity index (χ1n) is 8.16. The second kappa shape index (κ2) is 7.61. The summed E-state index contributed by atoms with van der Waals surface area (Å²) in [5, 5.41) is 5.74. The van der Waals surface area contributed by atoms with E-state index in [1.165, 1.54) is 11.8 Å². The highest BCUT2D eigenvalue weighted by molar-refractivity contribution is 7.99. The normalized spacial score (nSPS) is 10.7. The van der Waals surface area contributed by atoms with Crippen LogP contribution in [0.15, 0.2) is 47.6 Å². The Bertz CT molecular complexity index is 981. The number of hydrogen-bond donors (Lipinski definition) is 2. The van der Waals surface area contributed by atoms with Crippen LogP contribution in [0, 0.1) is 13.8 Å². The van der Waals surface area contributed by atoms with Gasteiger partial charge in [0.05, 0.1) is 16.8 Å². The Morgan fingerprint density at radius 2 is 1.88 bits per heavy atom. The number of para-hydroxylation sites is 2. The number of thioether (sulfide) groups is 1. The van der Waals surface area contributed by atoms with E-state index < -0.39 is 6.03 Å². The largest absolute Gasteiger partial charge is 0.325 e. The number of urea groups is 1. The maximum Gasteiger partial charge on any atom is 0.325 e. The summed E-state index contributed by atoms with van der Waals surface area (Å²) >= 11 is 1.29. The topological polar surface area (TPSA) is 76.0 Å². The van der Waals surface area contributed by atoms with Crippen LogP contribution >= 0.6 is 11.8 Å². The van der Waals surface area contributed by atoms with Crippen LogP contribution in [0.4, 0.5) is 10.5 Å². The number of anilines is 1. The molecule has 0 unspecified atom stereocenters. The number of amides is 3. The van der Waals surface area contributed by atoms with Crippen molar-refractivity contribution in [2.24, 2.45) is 7.05 Å². The van der Waals surface area contributed by atoms with Gasteiger partial charge in [0.2, 0.25) is 5.91 Å². The first-order chi connectivity index (χ1) is 12.4. The highest BCUT2D eigenvalue weighted by Gasteiger charge is 2.12. The zero-order valence-electron chi connectivity index (χ0n) is 14.9. The molecule has 1 aromatic heterocycles. The van der Waals surface area contributed by atoms with Crippen LogP contribution in [0.3, 0.4) is 0 Å². The second-order valence-corrected chi connectivity index (χ2v) is 6.97. The van der Waals surface area contributed by atoms with Gasteiger partial charge in [-0.2, -0.15) is 0 Å². The molecule has 0 fully saturated rings. The van der Waals surface area contributed by atoms with Crippen molar-refractivity contribution >= 4 is 40.4 Å². The summed E-state index contributed by atoms with van der Waals surface area (Å²) in [5.74, 6) is -0.263. The van der Waals surface area contributed by atoms with Crippen molar-refractivity contribution < 1.29 is 9.59 Å². The molecule has 2 aromatic carbocycles. The lowest BCUT2D eigenvalue weighted by molar-refractivity contribution is -0.117. The van der Waals surface area contributed by atoms with Crippen LogP contribution in [0.1, 0.15) is 11.1 Å². The van der Waals surface area contributed by atoms with Gasteiger partial charge in [0.25, 0.3) is 0 Å². The number of aryl methyl sites for hydroxylation is 3. The van der Waals surface area contributed by atoms with Gasteiger partial charge in [-0.05, 0) is 49.2 Å². The third kappa shape index (κ3) is 4.05. The van der Waals surface area contributed by atoms with Crippen LogP contribution in [0.5, 0.6) is 0 Å². The molecule has 7 heteroatoms. The molecule has 3 rings (SSSR count). The summed E-state index contributed by atoms with van der Waals surface area (Å²) in [7, 11) is 1.90. The number of nitrogens with zero attached hydrogens (tertiary/aromatic N) is 2. The van der Waals surface area contributed by atoms with Crippen molar-refractivity contribution in [2.75, 3.05) is 11.1 Å². The zero-order chi connectivity index (χ0) is 18.7. The number of nitrogens with one attached hydrogen (secondary N) is 2. The Morgan fingerprint density at radius 1 is 1.12 bits per heavy atom. The molecule has 0 bridgehead atoms. The number of benzene rings is 2. The van der Waals surface area contributed by atoms with Gasteiger partial charge in [0, 0.05) is 12.7 Å². The standard InChI is InChI=1S/C19H20N4O2S/c1-12-8-9-14(10-13(12)2)20-18(25)22-17(24)11-26-19-21-15-6-4-5-7-16(15)23(19)3/h4-10H,11H2,1-3H3,(H2,20,22,24,25). The summed E-state index contributed by atoms with van der Waals surface area (Å²) in [5.41, 5.74) is 4.76. The van der Waals surface area contributed by atoms with Crippen LogP contribution < -0.4 is 10.6 Å². The third-order valence-corrected chi connectivity index (χ3v) is 5.13. The zero-order valence-corrected chi connectivity index (χ0v) is 15.7. The average Bonchev–Trinajstić information content (AvgIpc) is 2.93. The number of rotatable bonds is 4. The van der Waals surface area contributed by atoms with Crippen molar-refractivity contribution in [2.45, 2.75) is 19.0 Å². The van der Waals surface area contributed by atoms with E-state index in [1.807, 2.05) is 61.9 Å². The van der Waals surface area contributed by atoms with Crippen molar-refractivity contribution in [3.63, 3.8) is 0 Å². The SMILES string of the molecule is Cc1ccc(NC(=O)NC(=O)CSc2nc3ccccc3n2C)cc1C. The molecule has 1 heterocycles. The fraction of sp³-hybridized carbons (Fsp3) is 0.211. The van der Waals surface area contributed by atoms with Crippen molar-refractivity contribution in [3.05, 3.63) is 53.6 Å². The molecule has 0 radical (unpaired) electrons. The molecule has 2 N–H and O–H groups in total. The van der Waals surface area contributed by atoms with Crippen LogP contribution in [-0.2, 0) is 11.8 Å². The quantitative estimate of drug-likeness (QED) is 0.690. The molecule has 6 nitrogen and oxygen atoms in total. The first-order valence-corrected chi connectivity index (χ1v) is 9.15. The van der Waals surface area contributed by atoms with Gasteiger partial charge < -0.3 is 9.88 Å². The molecule has 134 valence electrons. The molecule has 0 saturated carbocycles. The van der Waals surface area contributed by atoms with Gasteiger partial charge in [-0.3, -0.25) is 10.1 Å². The van der Waals surface area contributed by atoms with Gasteiger partial charge in [0.15, 0.2) is 5.16 Å². The maximum atomic E-state index is 12.0. The summed E-state index contributed by atoms with van der Waals surface area (Å²) < 4.78 is 1.93. The maximum absolute atomic E-state index is 12.0. The molecule has 0 spiro atoms. The summed E-state index contributed by atoms with van der Waals surface area (Å²) in [4.78, 5) is 28.5. The van der Waals surface area contributed by atoms with E-state index in [0.717, 1.165) is 27.3 Å². The number of imidazole rings is 1. The lowest BCUT2D eigenvalue weighted by atomic mass is 10.1. The van der Waals surface area contributed by atoms with E-state index >= 15 is 0 Å². The summed E-state index contributed by atoms with van der Waals surface area (Å²) in [6, 6.07) is 12.8. The van der Waals surface area contributed by atoms with Gasteiger partial charge in [0.1, 0.15) is 0 Å². The summed E-state index contributed by atoms with van der Waals surface area (Å²) in [6.45, 7) is 3.97. The second-order valence-electron chi connectivity index (χ2n) is 6.03. The van der Waals surface area contributed by atoms with Gasteiger partial charge >= 0.3 is 6.03 Å². The average molecular weight is 368 g/mol. The molecule has 0 aliphatic heterocycles. The number of hydrogen-bond acceptors (Lipinski definition) is 4. The van der Waals surface area contributed by atoms with E-state index in [1.54, 1.807) is 6.07 Å².